The molecule has 0 fully saturated rings. The molecule has 5 aromatic rings. The highest BCUT2D eigenvalue weighted by atomic mass is 32.2. The zero-order valence-electron chi connectivity index (χ0n) is 21.9. The minimum atomic E-state index is 0.520. The van der Waals surface area contributed by atoms with E-state index in [4.69, 9.17) is 0 Å². The first kappa shape index (κ1) is 22.6. The molecule has 0 radical (unpaired) electrons. The number of pyridine rings is 1. The Morgan fingerprint density at radius 3 is 2.37 bits per heavy atom. The number of rotatable bonds is 3. The fourth-order valence-electron chi connectivity index (χ4n) is 5.94. The van der Waals surface area contributed by atoms with Crippen molar-refractivity contribution in [3.63, 3.8) is 0 Å². The number of benzene rings is 4. The fourth-order valence-corrected chi connectivity index (χ4v) is 7.32. The zero-order valence-corrected chi connectivity index (χ0v) is 22.7. The van der Waals surface area contributed by atoms with Gasteiger partial charge in [-0.05, 0) is 76.4 Å². The second-order valence-electron chi connectivity index (χ2n) is 11.1. The van der Waals surface area contributed by atoms with Crippen LogP contribution in [0.15, 0.2) is 64.5 Å². The molecule has 0 bridgehead atoms. The molecule has 0 atom stereocenters. The van der Waals surface area contributed by atoms with Gasteiger partial charge in [0.2, 0.25) is 5.69 Å². The molecular weight excluding hydrogens is 442 g/mol. The van der Waals surface area contributed by atoms with Crippen LogP contribution in [-0.2, 0) is 13.5 Å². The van der Waals surface area contributed by atoms with Crippen LogP contribution in [0.1, 0.15) is 55.9 Å². The van der Waals surface area contributed by atoms with Crippen molar-refractivity contribution in [3.05, 3.63) is 77.0 Å². The Balaban J connectivity index is 1.79. The van der Waals surface area contributed by atoms with Crippen molar-refractivity contribution < 1.29 is 4.57 Å². The highest BCUT2D eigenvalue weighted by Gasteiger charge is 2.32. The van der Waals surface area contributed by atoms with Crippen LogP contribution in [0.3, 0.4) is 0 Å². The van der Waals surface area contributed by atoms with Gasteiger partial charge in [-0.1, -0.05) is 81.4 Å². The lowest BCUT2D eigenvalue weighted by Crippen LogP contribution is -2.32. The van der Waals surface area contributed by atoms with Crippen molar-refractivity contribution in [3.8, 4) is 11.3 Å². The van der Waals surface area contributed by atoms with E-state index in [0.29, 0.717) is 11.8 Å². The molecule has 1 aromatic heterocycles. The second kappa shape index (κ2) is 8.10. The van der Waals surface area contributed by atoms with E-state index in [0.717, 1.165) is 6.42 Å². The average molecular weight is 477 g/mol. The summed E-state index contributed by atoms with van der Waals surface area (Å²) < 4.78 is 2.36. The van der Waals surface area contributed by atoms with Crippen LogP contribution >= 0.6 is 11.8 Å². The molecule has 6 rings (SSSR count). The Hall–Kier alpha value is -2.84. The minimum absolute atomic E-state index is 0.520. The monoisotopic (exact) mass is 476 g/mol. The van der Waals surface area contributed by atoms with Gasteiger partial charge in [0.25, 0.3) is 0 Å². The van der Waals surface area contributed by atoms with Crippen LogP contribution in [0, 0.1) is 19.8 Å². The predicted octanol–water partition coefficient (Wildman–Crippen LogP) is 9.04. The highest BCUT2D eigenvalue weighted by molar-refractivity contribution is 8.00. The first-order chi connectivity index (χ1) is 16.7. The summed E-state index contributed by atoms with van der Waals surface area (Å²) in [5.41, 5.74) is 8.46. The van der Waals surface area contributed by atoms with E-state index < -0.39 is 0 Å². The third-order valence-electron chi connectivity index (χ3n) is 7.73. The number of fused-ring (bicyclic) bond motifs is 5. The molecular formula is C33H34NS+. The van der Waals surface area contributed by atoms with Crippen LogP contribution in [0.25, 0.3) is 43.6 Å². The van der Waals surface area contributed by atoms with Gasteiger partial charge in [-0.25, -0.2) is 4.57 Å². The number of hydrogen-bond donors (Lipinski definition) is 0. The largest absolute Gasteiger partial charge is 0.222 e. The first-order valence-corrected chi connectivity index (χ1v) is 13.7. The van der Waals surface area contributed by atoms with Crippen LogP contribution in [0.4, 0.5) is 0 Å². The van der Waals surface area contributed by atoms with Crippen molar-refractivity contribution in [2.75, 3.05) is 0 Å². The summed E-state index contributed by atoms with van der Waals surface area (Å²) in [5.74, 6) is 1.12. The molecule has 0 saturated carbocycles. The Labute approximate surface area is 213 Å². The summed E-state index contributed by atoms with van der Waals surface area (Å²) >= 11 is 2.00. The number of aryl methyl sites for hydroxylation is 3. The van der Waals surface area contributed by atoms with E-state index in [1.54, 1.807) is 0 Å². The Morgan fingerprint density at radius 2 is 1.63 bits per heavy atom. The summed E-state index contributed by atoms with van der Waals surface area (Å²) in [7, 11) is 2.22. The van der Waals surface area contributed by atoms with Crippen molar-refractivity contribution in [2.24, 2.45) is 13.0 Å². The quantitative estimate of drug-likeness (QED) is 0.182. The molecule has 0 amide bonds. The van der Waals surface area contributed by atoms with E-state index in [2.05, 4.69) is 108 Å². The van der Waals surface area contributed by atoms with Crippen LogP contribution in [0.5, 0.6) is 0 Å². The molecule has 1 nitrogen and oxygen atoms in total. The number of hydrogen-bond acceptors (Lipinski definition) is 1. The third-order valence-corrected chi connectivity index (χ3v) is 8.93. The fraction of sp³-hybridized carbons (Fsp3) is 0.303. The lowest BCUT2D eigenvalue weighted by molar-refractivity contribution is -0.659. The molecule has 2 heterocycles. The highest BCUT2D eigenvalue weighted by Crippen LogP contribution is 2.53. The summed E-state index contributed by atoms with van der Waals surface area (Å²) in [6.07, 6.45) is 3.36. The maximum absolute atomic E-state index is 2.44. The molecule has 176 valence electrons. The van der Waals surface area contributed by atoms with E-state index in [9.17, 15) is 0 Å². The van der Waals surface area contributed by atoms with Gasteiger partial charge in [0.1, 0.15) is 7.05 Å². The van der Waals surface area contributed by atoms with Gasteiger partial charge >= 0.3 is 0 Å². The van der Waals surface area contributed by atoms with E-state index >= 15 is 0 Å². The molecule has 1 aliphatic heterocycles. The van der Waals surface area contributed by atoms with E-state index in [-0.39, 0.29) is 0 Å². The van der Waals surface area contributed by atoms with Gasteiger partial charge < -0.3 is 0 Å². The first-order valence-electron chi connectivity index (χ1n) is 12.9. The Morgan fingerprint density at radius 1 is 0.829 bits per heavy atom. The van der Waals surface area contributed by atoms with Crippen molar-refractivity contribution in [2.45, 2.75) is 63.7 Å². The molecule has 2 heteroatoms. The molecule has 0 spiro atoms. The van der Waals surface area contributed by atoms with Crippen LogP contribution in [0.2, 0.25) is 0 Å². The van der Waals surface area contributed by atoms with Crippen molar-refractivity contribution >= 4 is 44.1 Å². The summed E-state index contributed by atoms with van der Waals surface area (Å²) in [6, 6.07) is 18.9. The molecule has 35 heavy (non-hydrogen) atoms. The molecule has 0 saturated heterocycles. The third kappa shape index (κ3) is 3.41. The number of nitrogens with zero attached hydrogens (tertiary/aromatic N) is 1. The van der Waals surface area contributed by atoms with Gasteiger partial charge in [0.15, 0.2) is 6.20 Å². The Kier molecular flexibility index (Phi) is 5.23. The second-order valence-corrected chi connectivity index (χ2v) is 12.2. The molecule has 4 aromatic carbocycles. The maximum Gasteiger partial charge on any atom is 0.222 e. The van der Waals surface area contributed by atoms with E-state index in [1.165, 1.54) is 75.6 Å². The average Bonchev–Trinajstić information content (AvgIpc) is 2.82. The summed E-state index contributed by atoms with van der Waals surface area (Å²) in [4.78, 5) is 2.85. The van der Waals surface area contributed by atoms with Crippen molar-refractivity contribution in [1.82, 2.24) is 0 Å². The van der Waals surface area contributed by atoms with Gasteiger partial charge in [0.05, 0.1) is 10.9 Å². The van der Waals surface area contributed by atoms with E-state index in [1.807, 2.05) is 11.8 Å². The summed E-state index contributed by atoms with van der Waals surface area (Å²) in [6.45, 7) is 13.8. The maximum atomic E-state index is 2.44. The predicted molar refractivity (Wildman–Crippen MR) is 152 cm³/mol. The normalized spacial score (nSPS) is 12.9. The van der Waals surface area contributed by atoms with Gasteiger partial charge in [0, 0.05) is 21.2 Å². The lowest BCUT2D eigenvalue weighted by Gasteiger charge is -2.26. The van der Waals surface area contributed by atoms with Crippen LogP contribution < -0.4 is 4.57 Å². The molecule has 0 N–H and O–H groups in total. The van der Waals surface area contributed by atoms with Gasteiger partial charge in [-0.2, -0.15) is 0 Å². The Bertz CT molecular complexity index is 1670. The van der Waals surface area contributed by atoms with Gasteiger partial charge in [-0.3, -0.25) is 0 Å². The zero-order chi connectivity index (χ0) is 24.6. The molecule has 1 aliphatic rings. The van der Waals surface area contributed by atoms with Crippen LogP contribution in [-0.4, -0.2) is 0 Å². The molecule has 0 aliphatic carbocycles. The summed E-state index contributed by atoms with van der Waals surface area (Å²) in [5, 5.41) is 8.33. The standard InChI is InChI=1S/C33H34NS/c1-18(2)14-28-24-11-8-20(5)15-26(24)21(6)30-32-31-25(12-13-34(32)7)27-16-22(19(3)4)9-10-23(27)17-29(31)35-33(28)30/h8-13,15-19H,14H2,1-7H3/q+1. The SMILES string of the molecule is Cc1ccc2c(CC(C)C)c3c(c(C)c2c1)-c1c2c(cc4ccc(C(C)C)cc4c2cc[n+]1C)S3. The van der Waals surface area contributed by atoms with Gasteiger partial charge in [-0.15, -0.1) is 0 Å². The van der Waals surface area contributed by atoms with Crippen molar-refractivity contribution in [1.29, 1.82) is 0 Å². The topological polar surface area (TPSA) is 3.88 Å². The lowest BCUT2D eigenvalue weighted by atomic mass is 9.87. The molecule has 0 unspecified atom stereocenters. The number of aromatic nitrogens is 1. The minimum Gasteiger partial charge on any atom is -0.200 e. The smallest absolute Gasteiger partial charge is 0.200 e.